The maximum absolute atomic E-state index is 12.6. The van der Waals surface area contributed by atoms with Gasteiger partial charge in [0.05, 0.1) is 10.5 Å². The summed E-state index contributed by atoms with van der Waals surface area (Å²) in [5, 5.41) is 18.3. The van der Waals surface area contributed by atoms with Crippen LogP contribution >= 0.6 is 11.6 Å². The molecule has 2 rings (SSSR count). The average molecular weight is 334 g/mol. The summed E-state index contributed by atoms with van der Waals surface area (Å²) >= 11 is 5.85. The number of aliphatic hydroxyl groups excluding tert-OH is 1. The lowest BCUT2D eigenvalue weighted by molar-refractivity contribution is 0.0696. The molecule has 1 heterocycles. The van der Waals surface area contributed by atoms with Crippen LogP contribution in [0.25, 0.3) is 0 Å². The van der Waals surface area contributed by atoms with Crippen LogP contribution in [-0.4, -0.2) is 48.6 Å². The van der Waals surface area contributed by atoms with E-state index >= 15 is 0 Å². The summed E-state index contributed by atoms with van der Waals surface area (Å²) in [6, 6.07) is 2.50. The van der Waals surface area contributed by atoms with E-state index in [0.29, 0.717) is 13.0 Å². The van der Waals surface area contributed by atoms with Crippen molar-refractivity contribution in [2.45, 2.75) is 18.2 Å². The van der Waals surface area contributed by atoms with Gasteiger partial charge in [-0.05, 0) is 37.0 Å². The van der Waals surface area contributed by atoms with Gasteiger partial charge < -0.3 is 10.2 Å². The summed E-state index contributed by atoms with van der Waals surface area (Å²) in [7, 11) is -3.82. The van der Waals surface area contributed by atoms with Crippen LogP contribution < -0.4 is 0 Å². The highest BCUT2D eigenvalue weighted by Crippen LogP contribution is 2.30. The minimum Gasteiger partial charge on any atom is -0.478 e. The predicted octanol–water partition coefficient (Wildman–Crippen LogP) is 1.35. The van der Waals surface area contributed by atoms with Crippen molar-refractivity contribution in [3.05, 3.63) is 28.3 Å². The molecule has 8 heteroatoms. The van der Waals surface area contributed by atoms with Crippen LogP contribution in [0.3, 0.4) is 0 Å². The summed E-state index contributed by atoms with van der Waals surface area (Å²) in [4.78, 5) is 11.1. The van der Waals surface area contributed by atoms with Crippen LogP contribution in [-0.2, 0) is 10.0 Å². The topological polar surface area (TPSA) is 94.9 Å². The molecule has 0 aromatic heterocycles. The van der Waals surface area contributed by atoms with Gasteiger partial charge in [0.15, 0.2) is 0 Å². The average Bonchev–Trinajstić information content (AvgIpc) is 2.90. The molecule has 1 aliphatic rings. The number of carboxylic acid groups (broad SMARTS) is 1. The Bertz CT molecular complexity index is 673. The van der Waals surface area contributed by atoms with Gasteiger partial charge in [-0.25, -0.2) is 13.2 Å². The van der Waals surface area contributed by atoms with E-state index in [4.69, 9.17) is 21.8 Å². The number of benzene rings is 1. The SMILES string of the molecule is Cc1c(C(=O)O)cc(Cl)cc1S(=O)(=O)N1CCC(CO)C1. The number of carbonyl (C=O) groups is 1. The van der Waals surface area contributed by atoms with Crippen LogP contribution in [0.4, 0.5) is 0 Å². The van der Waals surface area contributed by atoms with Crippen molar-refractivity contribution in [1.82, 2.24) is 4.31 Å². The molecule has 0 spiro atoms. The number of aliphatic hydroxyl groups is 1. The molecule has 1 saturated heterocycles. The number of nitrogens with zero attached hydrogens (tertiary/aromatic N) is 1. The third kappa shape index (κ3) is 3.06. The first-order chi connectivity index (χ1) is 9.77. The fourth-order valence-electron chi connectivity index (χ4n) is 2.45. The number of aromatic carboxylic acids is 1. The number of rotatable bonds is 4. The van der Waals surface area contributed by atoms with E-state index in [2.05, 4.69) is 0 Å². The number of sulfonamides is 1. The Morgan fingerprint density at radius 1 is 1.48 bits per heavy atom. The van der Waals surface area contributed by atoms with Crippen molar-refractivity contribution in [3.63, 3.8) is 0 Å². The second kappa shape index (κ2) is 5.92. The Kier molecular flexibility index (Phi) is 4.57. The molecule has 2 N–H and O–H groups in total. The highest BCUT2D eigenvalue weighted by atomic mass is 35.5. The molecule has 0 saturated carbocycles. The van der Waals surface area contributed by atoms with Crippen LogP contribution in [0.1, 0.15) is 22.3 Å². The van der Waals surface area contributed by atoms with Gasteiger partial charge >= 0.3 is 5.97 Å². The lowest BCUT2D eigenvalue weighted by Crippen LogP contribution is -2.30. The van der Waals surface area contributed by atoms with Crippen LogP contribution in [0, 0.1) is 12.8 Å². The van der Waals surface area contributed by atoms with Crippen molar-refractivity contribution in [2.75, 3.05) is 19.7 Å². The minimum absolute atomic E-state index is 0.0643. The fourth-order valence-corrected chi connectivity index (χ4v) is 4.53. The van der Waals surface area contributed by atoms with Gasteiger partial charge in [-0.2, -0.15) is 4.31 Å². The molecule has 0 aliphatic carbocycles. The third-order valence-electron chi connectivity index (χ3n) is 3.68. The maximum atomic E-state index is 12.6. The molecule has 1 aliphatic heterocycles. The molecule has 0 radical (unpaired) electrons. The molecular formula is C13H16ClNO5S. The monoisotopic (exact) mass is 333 g/mol. The van der Waals surface area contributed by atoms with Crippen molar-refractivity contribution >= 4 is 27.6 Å². The van der Waals surface area contributed by atoms with Gasteiger partial charge in [0.1, 0.15) is 0 Å². The van der Waals surface area contributed by atoms with Crippen LogP contribution in [0.15, 0.2) is 17.0 Å². The highest BCUT2D eigenvalue weighted by molar-refractivity contribution is 7.89. The number of hydrogen-bond donors (Lipinski definition) is 2. The number of hydrogen-bond acceptors (Lipinski definition) is 4. The zero-order valence-corrected chi connectivity index (χ0v) is 13.0. The molecule has 21 heavy (non-hydrogen) atoms. The molecule has 1 unspecified atom stereocenters. The first kappa shape index (κ1) is 16.2. The summed E-state index contributed by atoms with van der Waals surface area (Å²) in [5.74, 6) is -1.31. The van der Waals surface area contributed by atoms with Crippen molar-refractivity contribution in [1.29, 1.82) is 0 Å². The van der Waals surface area contributed by atoms with Gasteiger partial charge in [-0.15, -0.1) is 0 Å². The Morgan fingerprint density at radius 3 is 2.67 bits per heavy atom. The zero-order chi connectivity index (χ0) is 15.8. The van der Waals surface area contributed by atoms with Crippen molar-refractivity contribution in [2.24, 2.45) is 5.92 Å². The Labute approximate surface area is 128 Å². The molecule has 1 fully saturated rings. The zero-order valence-electron chi connectivity index (χ0n) is 11.4. The number of carboxylic acids is 1. The summed E-state index contributed by atoms with van der Waals surface area (Å²) in [6.07, 6.45) is 0.584. The predicted molar refractivity (Wildman–Crippen MR) is 77.1 cm³/mol. The molecule has 1 atom stereocenters. The van der Waals surface area contributed by atoms with Gasteiger partial charge in [-0.1, -0.05) is 11.6 Å². The Hall–Kier alpha value is -1.15. The van der Waals surface area contributed by atoms with Gasteiger partial charge in [-0.3, -0.25) is 0 Å². The molecule has 6 nitrogen and oxygen atoms in total. The quantitative estimate of drug-likeness (QED) is 0.867. The molecule has 116 valence electrons. The van der Waals surface area contributed by atoms with E-state index in [9.17, 15) is 13.2 Å². The van der Waals surface area contributed by atoms with E-state index in [1.807, 2.05) is 0 Å². The fraction of sp³-hybridized carbons (Fsp3) is 0.462. The van der Waals surface area contributed by atoms with E-state index in [1.165, 1.54) is 23.4 Å². The molecule has 1 aromatic carbocycles. The van der Waals surface area contributed by atoms with Gasteiger partial charge in [0.25, 0.3) is 0 Å². The molecule has 1 aromatic rings. The van der Waals surface area contributed by atoms with Crippen molar-refractivity contribution < 1.29 is 23.4 Å². The van der Waals surface area contributed by atoms with E-state index in [1.54, 1.807) is 0 Å². The largest absolute Gasteiger partial charge is 0.478 e. The summed E-state index contributed by atoms with van der Waals surface area (Å²) in [6.45, 7) is 1.92. The maximum Gasteiger partial charge on any atom is 0.336 e. The minimum atomic E-state index is -3.82. The smallest absolute Gasteiger partial charge is 0.336 e. The first-order valence-corrected chi connectivity index (χ1v) is 8.23. The second-order valence-corrected chi connectivity index (χ2v) is 7.42. The normalized spacial score (nSPS) is 19.9. The third-order valence-corrected chi connectivity index (χ3v) is 5.89. The van der Waals surface area contributed by atoms with Crippen molar-refractivity contribution in [3.8, 4) is 0 Å². The van der Waals surface area contributed by atoms with E-state index in [0.717, 1.165) is 0 Å². The number of halogens is 1. The first-order valence-electron chi connectivity index (χ1n) is 6.41. The second-order valence-electron chi connectivity index (χ2n) is 5.08. The molecule has 0 bridgehead atoms. The van der Waals surface area contributed by atoms with E-state index < -0.39 is 16.0 Å². The standard InChI is InChI=1S/C13H16ClNO5S/c1-8-11(13(17)18)4-10(14)5-12(8)21(19,20)15-3-2-9(6-15)7-16/h4-5,9,16H,2-3,6-7H2,1H3,(H,17,18). The van der Waals surface area contributed by atoms with Gasteiger partial charge in [0, 0.05) is 24.7 Å². The van der Waals surface area contributed by atoms with Crippen LogP contribution in [0.5, 0.6) is 0 Å². The Morgan fingerprint density at radius 2 is 2.14 bits per heavy atom. The summed E-state index contributed by atoms with van der Waals surface area (Å²) in [5.41, 5.74) is 0.0401. The lowest BCUT2D eigenvalue weighted by Gasteiger charge is -2.19. The highest BCUT2D eigenvalue weighted by Gasteiger charge is 2.34. The molecule has 0 amide bonds. The summed E-state index contributed by atoms with van der Waals surface area (Å²) < 4.78 is 26.5. The van der Waals surface area contributed by atoms with E-state index in [-0.39, 0.29) is 40.1 Å². The Balaban J connectivity index is 2.48. The lowest BCUT2D eigenvalue weighted by atomic mass is 10.1. The van der Waals surface area contributed by atoms with Crippen LogP contribution in [0.2, 0.25) is 5.02 Å². The van der Waals surface area contributed by atoms with Gasteiger partial charge in [0.2, 0.25) is 10.0 Å². The molecular weight excluding hydrogens is 318 g/mol.